The molecule has 0 aliphatic carbocycles. The molecule has 0 heterocycles. The largest absolute Gasteiger partial charge is 0.494 e. The van der Waals surface area contributed by atoms with Gasteiger partial charge in [-0.05, 0) is 52.9 Å². The lowest BCUT2D eigenvalue weighted by atomic mass is 9.94. The van der Waals surface area contributed by atoms with Crippen LogP contribution in [0.3, 0.4) is 0 Å². The van der Waals surface area contributed by atoms with Crippen LogP contribution in [0.1, 0.15) is 32.6 Å². The molecule has 2 heteroatoms. The number of hydrogen-bond donors (Lipinski definition) is 0. The minimum atomic E-state index is -0.216. The highest BCUT2D eigenvalue weighted by molar-refractivity contribution is 5.83. The Hall–Kier alpha value is -2.61. The molecule has 0 aliphatic rings. The zero-order valence-corrected chi connectivity index (χ0v) is 15.2. The van der Waals surface area contributed by atoms with Gasteiger partial charge in [0.2, 0.25) is 0 Å². The van der Waals surface area contributed by atoms with E-state index in [2.05, 4.69) is 31.2 Å². The fraction of sp³-hybridized carbons (Fsp3) is 0.250. The molecular formula is C24H25FO. The van der Waals surface area contributed by atoms with Crippen molar-refractivity contribution in [2.24, 2.45) is 0 Å². The molecular weight excluding hydrogens is 323 g/mol. The fourth-order valence-corrected chi connectivity index (χ4v) is 3.07. The van der Waals surface area contributed by atoms with Crippen LogP contribution in [0.15, 0.2) is 72.8 Å². The average molecular weight is 348 g/mol. The molecule has 3 aromatic carbocycles. The van der Waals surface area contributed by atoms with E-state index in [1.165, 1.54) is 31.4 Å². The lowest BCUT2D eigenvalue weighted by Crippen LogP contribution is -1.97. The van der Waals surface area contributed by atoms with E-state index in [-0.39, 0.29) is 5.82 Å². The van der Waals surface area contributed by atoms with E-state index < -0.39 is 0 Å². The Morgan fingerprint density at radius 3 is 1.85 bits per heavy atom. The van der Waals surface area contributed by atoms with Crippen molar-refractivity contribution in [1.82, 2.24) is 0 Å². The van der Waals surface area contributed by atoms with E-state index in [1.807, 2.05) is 36.4 Å². The molecule has 3 rings (SSSR count). The zero-order valence-electron chi connectivity index (χ0n) is 15.2. The molecule has 0 N–H and O–H groups in total. The molecule has 0 bridgehead atoms. The molecule has 0 aliphatic heterocycles. The number of benzene rings is 3. The molecule has 134 valence electrons. The summed E-state index contributed by atoms with van der Waals surface area (Å²) in [5.41, 5.74) is 4.37. The van der Waals surface area contributed by atoms with Crippen LogP contribution in [-0.4, -0.2) is 6.61 Å². The summed E-state index contributed by atoms with van der Waals surface area (Å²) in [6.45, 7) is 2.98. The second-order valence-electron chi connectivity index (χ2n) is 6.49. The molecule has 0 aromatic heterocycles. The third kappa shape index (κ3) is 4.72. The van der Waals surface area contributed by atoms with Gasteiger partial charge in [0, 0.05) is 0 Å². The Morgan fingerprint density at radius 1 is 0.692 bits per heavy atom. The first-order valence-electron chi connectivity index (χ1n) is 9.36. The van der Waals surface area contributed by atoms with Crippen molar-refractivity contribution in [3.05, 3.63) is 78.6 Å². The van der Waals surface area contributed by atoms with Crippen molar-refractivity contribution in [1.29, 1.82) is 0 Å². The van der Waals surface area contributed by atoms with Crippen LogP contribution in [0, 0.1) is 5.82 Å². The van der Waals surface area contributed by atoms with Crippen molar-refractivity contribution in [2.75, 3.05) is 6.61 Å². The van der Waals surface area contributed by atoms with Crippen molar-refractivity contribution in [3.8, 4) is 28.0 Å². The number of rotatable bonds is 8. The maximum Gasteiger partial charge on any atom is 0.123 e. The average Bonchev–Trinajstić information content (AvgIpc) is 2.69. The first-order valence-corrected chi connectivity index (χ1v) is 9.36. The molecule has 0 saturated heterocycles. The van der Waals surface area contributed by atoms with Gasteiger partial charge in [0.25, 0.3) is 0 Å². The van der Waals surface area contributed by atoms with Gasteiger partial charge in [-0.25, -0.2) is 4.39 Å². The predicted octanol–water partition coefficient (Wildman–Crippen LogP) is 7.12. The number of unbranched alkanes of at least 4 members (excludes halogenated alkanes) is 3. The second kappa shape index (κ2) is 9.19. The molecule has 0 spiro atoms. The third-order valence-electron chi connectivity index (χ3n) is 4.51. The summed E-state index contributed by atoms with van der Waals surface area (Å²) in [4.78, 5) is 0. The number of hydrogen-bond acceptors (Lipinski definition) is 1. The highest BCUT2D eigenvalue weighted by atomic mass is 19.1. The topological polar surface area (TPSA) is 9.23 Å². The van der Waals surface area contributed by atoms with E-state index in [9.17, 15) is 4.39 Å². The van der Waals surface area contributed by atoms with Gasteiger partial charge in [-0.1, -0.05) is 74.7 Å². The molecule has 26 heavy (non-hydrogen) atoms. The summed E-state index contributed by atoms with van der Waals surface area (Å²) in [5.74, 6) is 0.691. The SMILES string of the molecule is CCCCCCOc1ccc(-c2ccccc2-c2ccc(F)cc2)cc1. The molecule has 3 aromatic rings. The normalized spacial score (nSPS) is 10.7. The third-order valence-corrected chi connectivity index (χ3v) is 4.51. The fourth-order valence-electron chi connectivity index (χ4n) is 3.07. The Labute approximate surface area is 155 Å². The lowest BCUT2D eigenvalue weighted by molar-refractivity contribution is 0.305. The van der Waals surface area contributed by atoms with E-state index >= 15 is 0 Å². The van der Waals surface area contributed by atoms with Crippen molar-refractivity contribution < 1.29 is 9.13 Å². The molecule has 0 amide bonds. The van der Waals surface area contributed by atoms with E-state index in [1.54, 1.807) is 0 Å². The molecule has 0 unspecified atom stereocenters. The molecule has 0 radical (unpaired) electrons. The van der Waals surface area contributed by atoms with Gasteiger partial charge in [0.1, 0.15) is 11.6 Å². The molecule has 1 nitrogen and oxygen atoms in total. The van der Waals surface area contributed by atoms with Crippen LogP contribution in [0.2, 0.25) is 0 Å². The standard InChI is InChI=1S/C24H25FO/c1-2-3-4-7-18-26-22-16-12-20(13-17-22)24-9-6-5-8-23(24)19-10-14-21(25)15-11-19/h5-6,8-17H,2-4,7,18H2,1H3. The van der Waals surface area contributed by atoms with Crippen LogP contribution in [-0.2, 0) is 0 Å². The summed E-state index contributed by atoms with van der Waals surface area (Å²) in [6.07, 6.45) is 4.83. The van der Waals surface area contributed by atoms with Crippen LogP contribution in [0.5, 0.6) is 5.75 Å². The quantitative estimate of drug-likeness (QED) is 0.394. The second-order valence-corrected chi connectivity index (χ2v) is 6.49. The summed E-state index contributed by atoms with van der Waals surface area (Å²) in [7, 11) is 0. The smallest absolute Gasteiger partial charge is 0.123 e. The summed E-state index contributed by atoms with van der Waals surface area (Å²) in [6, 6.07) is 23.1. The van der Waals surface area contributed by atoms with Crippen molar-refractivity contribution in [3.63, 3.8) is 0 Å². The molecule has 0 saturated carbocycles. The lowest BCUT2D eigenvalue weighted by Gasteiger charge is -2.11. The maximum absolute atomic E-state index is 13.2. The zero-order chi connectivity index (χ0) is 18.2. The van der Waals surface area contributed by atoms with Gasteiger partial charge in [0.05, 0.1) is 6.61 Å². The van der Waals surface area contributed by atoms with Gasteiger partial charge in [-0.3, -0.25) is 0 Å². The van der Waals surface area contributed by atoms with Crippen LogP contribution < -0.4 is 4.74 Å². The Kier molecular flexibility index (Phi) is 6.43. The van der Waals surface area contributed by atoms with Gasteiger partial charge in [-0.2, -0.15) is 0 Å². The minimum Gasteiger partial charge on any atom is -0.494 e. The van der Waals surface area contributed by atoms with E-state index in [4.69, 9.17) is 4.74 Å². The van der Waals surface area contributed by atoms with Crippen LogP contribution in [0.4, 0.5) is 4.39 Å². The summed E-state index contributed by atoms with van der Waals surface area (Å²) < 4.78 is 19.1. The van der Waals surface area contributed by atoms with E-state index in [0.717, 1.165) is 41.0 Å². The van der Waals surface area contributed by atoms with Crippen LogP contribution >= 0.6 is 0 Å². The maximum atomic E-state index is 13.2. The van der Waals surface area contributed by atoms with Crippen LogP contribution in [0.25, 0.3) is 22.3 Å². The Bertz CT molecular complexity index is 806. The first kappa shape index (κ1) is 18.2. The predicted molar refractivity (Wildman–Crippen MR) is 107 cm³/mol. The summed E-state index contributed by atoms with van der Waals surface area (Å²) in [5, 5.41) is 0. The highest BCUT2D eigenvalue weighted by Gasteiger charge is 2.07. The Balaban J connectivity index is 1.74. The van der Waals surface area contributed by atoms with Gasteiger partial charge >= 0.3 is 0 Å². The summed E-state index contributed by atoms with van der Waals surface area (Å²) >= 11 is 0. The monoisotopic (exact) mass is 348 g/mol. The molecule has 0 fully saturated rings. The first-order chi connectivity index (χ1) is 12.8. The number of halogens is 1. The van der Waals surface area contributed by atoms with Crippen molar-refractivity contribution in [2.45, 2.75) is 32.6 Å². The Morgan fingerprint density at radius 2 is 1.27 bits per heavy atom. The minimum absolute atomic E-state index is 0.216. The molecule has 0 atom stereocenters. The van der Waals surface area contributed by atoms with Gasteiger partial charge < -0.3 is 4.74 Å². The number of ether oxygens (including phenoxy) is 1. The van der Waals surface area contributed by atoms with Gasteiger partial charge in [-0.15, -0.1) is 0 Å². The van der Waals surface area contributed by atoms with Crippen molar-refractivity contribution >= 4 is 0 Å². The van der Waals surface area contributed by atoms with Gasteiger partial charge in [0.15, 0.2) is 0 Å². The highest BCUT2D eigenvalue weighted by Crippen LogP contribution is 2.32. The van der Waals surface area contributed by atoms with E-state index in [0.29, 0.717) is 0 Å².